The Morgan fingerprint density at radius 2 is 1.77 bits per heavy atom. The summed E-state index contributed by atoms with van der Waals surface area (Å²) in [6.45, 7) is 5.82. The van der Waals surface area contributed by atoms with E-state index in [1.165, 1.54) is 38.3 Å². The summed E-state index contributed by atoms with van der Waals surface area (Å²) in [5, 5.41) is 5.26. The van der Waals surface area contributed by atoms with Crippen molar-refractivity contribution in [3.8, 4) is 0 Å². The Balaban J connectivity index is 2.79. The molecule has 1 rings (SSSR count). The van der Waals surface area contributed by atoms with E-state index in [4.69, 9.17) is 4.74 Å². The molecule has 0 spiro atoms. The van der Waals surface area contributed by atoms with Gasteiger partial charge in [-0.05, 0) is 30.2 Å². The van der Waals surface area contributed by atoms with Crippen molar-refractivity contribution in [2.75, 3.05) is 25.6 Å². The van der Waals surface area contributed by atoms with E-state index in [2.05, 4.69) is 15.4 Å². The quantitative estimate of drug-likeness (QED) is 0.522. The van der Waals surface area contributed by atoms with Crippen LogP contribution in [-0.4, -0.2) is 46.5 Å². The molecule has 2 amide bonds. The Hall–Kier alpha value is -1.97. The van der Waals surface area contributed by atoms with Crippen molar-refractivity contribution in [2.45, 2.75) is 38.1 Å². The van der Waals surface area contributed by atoms with E-state index in [9.17, 15) is 18.0 Å². The maximum atomic E-state index is 12.6. The number of benzene rings is 1. The van der Waals surface area contributed by atoms with Gasteiger partial charge < -0.3 is 15.4 Å². The SMILES string of the molecule is COCCNC(=O)C[C@H](NS(=O)(=O)c1ccc(NC(C)=O)cc1)C(C)C. The summed E-state index contributed by atoms with van der Waals surface area (Å²) in [6.07, 6.45) is 0.0323. The number of carbonyl (C=O) groups excluding carboxylic acids is 2. The molecule has 146 valence electrons. The van der Waals surface area contributed by atoms with Crippen LogP contribution in [0, 0.1) is 5.92 Å². The summed E-state index contributed by atoms with van der Waals surface area (Å²) >= 11 is 0. The molecular formula is C17H27N3O5S. The Labute approximate surface area is 154 Å². The summed E-state index contributed by atoms with van der Waals surface area (Å²) in [4.78, 5) is 23.1. The van der Waals surface area contributed by atoms with Gasteiger partial charge in [-0.3, -0.25) is 9.59 Å². The van der Waals surface area contributed by atoms with Gasteiger partial charge in [0.25, 0.3) is 0 Å². The van der Waals surface area contributed by atoms with E-state index in [1.807, 2.05) is 13.8 Å². The zero-order valence-electron chi connectivity index (χ0n) is 15.5. The average Bonchev–Trinajstić information content (AvgIpc) is 2.54. The molecule has 8 nitrogen and oxygen atoms in total. The van der Waals surface area contributed by atoms with Gasteiger partial charge in [0, 0.05) is 38.7 Å². The van der Waals surface area contributed by atoms with Crippen LogP contribution in [0.4, 0.5) is 5.69 Å². The third-order valence-corrected chi connectivity index (χ3v) is 5.14. The van der Waals surface area contributed by atoms with Crippen LogP contribution in [0.1, 0.15) is 27.2 Å². The summed E-state index contributed by atoms with van der Waals surface area (Å²) in [6, 6.07) is 5.29. The number of carbonyl (C=O) groups is 2. The highest BCUT2D eigenvalue weighted by atomic mass is 32.2. The van der Waals surface area contributed by atoms with Crippen LogP contribution < -0.4 is 15.4 Å². The van der Waals surface area contributed by atoms with Crippen LogP contribution in [0.15, 0.2) is 29.2 Å². The van der Waals surface area contributed by atoms with Crippen molar-refractivity contribution >= 4 is 27.5 Å². The highest BCUT2D eigenvalue weighted by Crippen LogP contribution is 2.16. The van der Waals surface area contributed by atoms with Crippen molar-refractivity contribution in [3.63, 3.8) is 0 Å². The number of hydrogen-bond donors (Lipinski definition) is 3. The third kappa shape index (κ3) is 7.51. The molecule has 0 aromatic heterocycles. The minimum Gasteiger partial charge on any atom is -0.383 e. The zero-order valence-corrected chi connectivity index (χ0v) is 16.4. The molecular weight excluding hydrogens is 358 g/mol. The molecule has 0 bridgehead atoms. The fraction of sp³-hybridized carbons (Fsp3) is 0.529. The molecule has 0 aliphatic rings. The van der Waals surface area contributed by atoms with Gasteiger partial charge in [0.05, 0.1) is 11.5 Å². The number of rotatable bonds is 10. The van der Waals surface area contributed by atoms with Crippen molar-refractivity contribution in [2.24, 2.45) is 5.92 Å². The topological polar surface area (TPSA) is 114 Å². The smallest absolute Gasteiger partial charge is 0.240 e. The molecule has 1 aromatic rings. The van der Waals surface area contributed by atoms with Crippen LogP contribution in [0.3, 0.4) is 0 Å². The van der Waals surface area contributed by atoms with E-state index in [0.717, 1.165) is 0 Å². The van der Waals surface area contributed by atoms with Gasteiger partial charge in [0.2, 0.25) is 21.8 Å². The first-order valence-corrected chi connectivity index (χ1v) is 9.79. The summed E-state index contributed by atoms with van der Waals surface area (Å²) in [7, 11) is -2.25. The number of sulfonamides is 1. The normalized spacial score (nSPS) is 12.7. The first kappa shape index (κ1) is 22.1. The monoisotopic (exact) mass is 385 g/mol. The molecule has 9 heteroatoms. The lowest BCUT2D eigenvalue weighted by atomic mass is 10.0. The Kier molecular flexibility index (Phi) is 8.70. The van der Waals surface area contributed by atoms with Gasteiger partial charge in [-0.25, -0.2) is 13.1 Å². The number of ether oxygens (including phenoxy) is 1. The van der Waals surface area contributed by atoms with Gasteiger partial charge in [-0.2, -0.15) is 0 Å². The molecule has 3 N–H and O–H groups in total. The lowest BCUT2D eigenvalue weighted by Gasteiger charge is -2.22. The predicted octanol–water partition coefficient (Wildman–Crippen LogP) is 1.10. The average molecular weight is 385 g/mol. The van der Waals surface area contributed by atoms with Crippen LogP contribution >= 0.6 is 0 Å². The first-order valence-electron chi connectivity index (χ1n) is 8.31. The van der Waals surface area contributed by atoms with Crippen LogP contribution in [0.2, 0.25) is 0 Å². The molecule has 1 atom stereocenters. The number of hydrogen-bond acceptors (Lipinski definition) is 5. The second-order valence-corrected chi connectivity index (χ2v) is 7.94. The molecule has 0 radical (unpaired) electrons. The second kappa shape index (κ2) is 10.2. The molecule has 26 heavy (non-hydrogen) atoms. The fourth-order valence-electron chi connectivity index (χ4n) is 2.17. The molecule has 0 aliphatic heterocycles. The van der Waals surface area contributed by atoms with E-state index < -0.39 is 16.1 Å². The summed E-state index contributed by atoms with van der Waals surface area (Å²) in [5.41, 5.74) is 0.509. The standard InChI is InChI=1S/C17H27N3O5S/c1-12(2)16(11-17(22)18-9-10-25-4)20-26(23,24)15-7-5-14(6-8-15)19-13(3)21/h5-8,12,16,20H,9-11H2,1-4H3,(H,18,22)(H,19,21)/t16-/m0/s1. The number of methoxy groups -OCH3 is 1. The van der Waals surface area contributed by atoms with Crippen molar-refractivity contribution in [1.29, 1.82) is 0 Å². The summed E-state index contributed by atoms with van der Waals surface area (Å²) < 4.78 is 32.6. The van der Waals surface area contributed by atoms with Gasteiger partial charge in [-0.15, -0.1) is 0 Å². The first-order chi connectivity index (χ1) is 12.2. The summed E-state index contributed by atoms with van der Waals surface area (Å²) in [5.74, 6) is -0.556. The number of amides is 2. The Morgan fingerprint density at radius 3 is 2.27 bits per heavy atom. The van der Waals surface area contributed by atoms with Gasteiger partial charge >= 0.3 is 0 Å². The largest absolute Gasteiger partial charge is 0.383 e. The molecule has 0 saturated carbocycles. The van der Waals surface area contributed by atoms with E-state index in [1.54, 1.807) is 0 Å². The molecule has 0 saturated heterocycles. The van der Waals surface area contributed by atoms with Gasteiger partial charge in [0.15, 0.2) is 0 Å². The molecule has 0 aliphatic carbocycles. The van der Waals surface area contributed by atoms with Crippen molar-refractivity contribution in [3.05, 3.63) is 24.3 Å². The molecule has 0 heterocycles. The second-order valence-electron chi connectivity index (χ2n) is 6.22. The number of nitrogens with one attached hydrogen (secondary N) is 3. The minimum atomic E-state index is -3.79. The number of anilines is 1. The van der Waals surface area contributed by atoms with E-state index in [0.29, 0.717) is 18.8 Å². The van der Waals surface area contributed by atoms with Crippen LogP contribution in [0.5, 0.6) is 0 Å². The minimum absolute atomic E-state index is 0.0323. The maximum Gasteiger partial charge on any atom is 0.240 e. The third-order valence-electron chi connectivity index (χ3n) is 3.63. The maximum absolute atomic E-state index is 12.6. The molecule has 0 fully saturated rings. The highest BCUT2D eigenvalue weighted by Gasteiger charge is 2.24. The molecule has 0 unspecified atom stereocenters. The van der Waals surface area contributed by atoms with Crippen LogP contribution in [0.25, 0.3) is 0 Å². The van der Waals surface area contributed by atoms with Crippen molar-refractivity contribution in [1.82, 2.24) is 10.0 Å². The van der Waals surface area contributed by atoms with Gasteiger partial charge in [0.1, 0.15) is 0 Å². The van der Waals surface area contributed by atoms with E-state index >= 15 is 0 Å². The lowest BCUT2D eigenvalue weighted by molar-refractivity contribution is -0.122. The fourth-order valence-corrected chi connectivity index (χ4v) is 3.55. The Morgan fingerprint density at radius 1 is 1.15 bits per heavy atom. The zero-order chi connectivity index (χ0) is 19.7. The van der Waals surface area contributed by atoms with E-state index in [-0.39, 0.29) is 29.0 Å². The predicted molar refractivity (Wildman–Crippen MR) is 99.2 cm³/mol. The lowest BCUT2D eigenvalue weighted by Crippen LogP contribution is -2.42. The van der Waals surface area contributed by atoms with Crippen LogP contribution in [-0.2, 0) is 24.3 Å². The Bertz CT molecular complexity index is 702. The highest BCUT2D eigenvalue weighted by molar-refractivity contribution is 7.89. The van der Waals surface area contributed by atoms with Gasteiger partial charge in [-0.1, -0.05) is 13.8 Å². The molecule has 1 aromatic carbocycles. The van der Waals surface area contributed by atoms with Crippen molar-refractivity contribution < 1.29 is 22.7 Å².